The molecule has 1 saturated heterocycles. The minimum Gasteiger partial charge on any atom is -0.395 e. The first-order valence-electron chi connectivity index (χ1n) is 17.8. The molecule has 2 amide bonds. The summed E-state index contributed by atoms with van der Waals surface area (Å²) in [6.07, 6.45) is 10.5. The summed E-state index contributed by atoms with van der Waals surface area (Å²) in [5, 5.41) is 15.7. The molecule has 1 aliphatic carbocycles. The number of likely N-dealkylation sites (tertiary alicyclic amines) is 1. The highest BCUT2D eigenvalue weighted by Gasteiger charge is 2.29. The van der Waals surface area contributed by atoms with Crippen molar-refractivity contribution < 1.29 is 14.7 Å². The van der Waals surface area contributed by atoms with Gasteiger partial charge >= 0.3 is 0 Å². The number of carbonyl (C=O) groups is 2. The van der Waals surface area contributed by atoms with Gasteiger partial charge in [-0.25, -0.2) is 0 Å². The highest BCUT2D eigenvalue weighted by atomic mass is 35.5. The van der Waals surface area contributed by atoms with Crippen LogP contribution in [-0.2, 0) is 19.5 Å². The first-order valence-corrected chi connectivity index (χ1v) is 18.2. The van der Waals surface area contributed by atoms with Gasteiger partial charge in [0.25, 0.3) is 11.8 Å². The molecular formula is C40H45ClN6O3. The van der Waals surface area contributed by atoms with E-state index in [4.69, 9.17) is 11.6 Å². The number of benzene rings is 2. The Bertz CT molecular complexity index is 1910. The van der Waals surface area contributed by atoms with Crippen LogP contribution >= 0.6 is 11.6 Å². The highest BCUT2D eigenvalue weighted by Crippen LogP contribution is 2.42. The number of β-amino-alcohol motifs (C(OH)–C–C–N with tert-alkyl or cyclic N) is 1. The van der Waals surface area contributed by atoms with Crippen molar-refractivity contribution in [2.75, 3.05) is 36.9 Å². The second-order valence-corrected chi connectivity index (χ2v) is 14.4. The van der Waals surface area contributed by atoms with Crippen molar-refractivity contribution >= 4 is 34.8 Å². The Hall–Kier alpha value is -4.15. The molecule has 3 aliphatic rings. The summed E-state index contributed by atoms with van der Waals surface area (Å²) < 4.78 is 0. The molecule has 2 aromatic heterocycles. The third-order valence-corrected chi connectivity index (χ3v) is 10.9. The minimum atomic E-state index is -0.336. The summed E-state index contributed by atoms with van der Waals surface area (Å²) in [5.74, 6) is -0.0707. The molecular weight excluding hydrogens is 648 g/mol. The van der Waals surface area contributed by atoms with E-state index < -0.39 is 0 Å². The van der Waals surface area contributed by atoms with Gasteiger partial charge < -0.3 is 15.7 Å². The molecule has 260 valence electrons. The number of carbonyl (C=O) groups excluding carboxylic acids is 2. The van der Waals surface area contributed by atoms with Gasteiger partial charge in [0.1, 0.15) is 11.4 Å². The van der Waals surface area contributed by atoms with E-state index in [-0.39, 0.29) is 18.4 Å². The van der Waals surface area contributed by atoms with Gasteiger partial charge in [0.15, 0.2) is 0 Å². The van der Waals surface area contributed by atoms with E-state index in [0.29, 0.717) is 52.8 Å². The lowest BCUT2D eigenvalue weighted by Crippen LogP contribution is -2.37. The van der Waals surface area contributed by atoms with Gasteiger partial charge in [0, 0.05) is 55.9 Å². The van der Waals surface area contributed by atoms with Crippen molar-refractivity contribution in [2.24, 2.45) is 0 Å². The Labute approximate surface area is 299 Å². The molecule has 9 nitrogen and oxygen atoms in total. The van der Waals surface area contributed by atoms with Gasteiger partial charge in [0.05, 0.1) is 17.3 Å². The number of hydrogen-bond donors (Lipinski definition) is 3. The van der Waals surface area contributed by atoms with Crippen molar-refractivity contribution in [3.05, 3.63) is 105 Å². The van der Waals surface area contributed by atoms with E-state index in [1.165, 1.54) is 30.4 Å². The zero-order valence-electron chi connectivity index (χ0n) is 28.8. The van der Waals surface area contributed by atoms with E-state index in [0.717, 1.165) is 66.7 Å². The van der Waals surface area contributed by atoms with Crippen LogP contribution in [0.3, 0.4) is 0 Å². The molecule has 7 rings (SSSR count). The lowest BCUT2D eigenvalue weighted by atomic mass is 9.98. The minimum absolute atomic E-state index is 0.118. The van der Waals surface area contributed by atoms with Crippen LogP contribution in [0.25, 0.3) is 11.1 Å². The standard InChI is InChI=1S/C40H45ClN6O3/c1-25-7-3-4-15-47(25)24-30-22-43-37(20-33(30)27-12-13-27)40(50)44-34-10-5-8-31(26(34)2)32-9-6-11-35(38(32)41)45-39(49)36-19-28-14-16-46(17-18-48)23-29(28)21-42-36/h5-6,8-11,19-22,25,27,48H,3-4,7,12-18,23-24H2,1-2H3,(H,44,50)(H,45,49)/t25-/m1/s1. The maximum Gasteiger partial charge on any atom is 0.274 e. The van der Waals surface area contributed by atoms with Gasteiger partial charge in [-0.1, -0.05) is 42.3 Å². The van der Waals surface area contributed by atoms with Crippen molar-refractivity contribution in [2.45, 2.75) is 77.4 Å². The fraction of sp³-hybridized carbons (Fsp3) is 0.400. The van der Waals surface area contributed by atoms with Crippen molar-refractivity contribution in [1.82, 2.24) is 19.8 Å². The van der Waals surface area contributed by atoms with Crippen LogP contribution < -0.4 is 10.6 Å². The second-order valence-electron chi connectivity index (χ2n) is 14.0. The lowest BCUT2D eigenvalue weighted by molar-refractivity contribution is 0.101. The van der Waals surface area contributed by atoms with Crippen LogP contribution in [0.1, 0.15) is 93.7 Å². The number of fused-ring (bicyclic) bond motifs is 1. The molecule has 10 heteroatoms. The molecule has 1 saturated carbocycles. The first-order chi connectivity index (χ1) is 24.3. The molecule has 0 unspecified atom stereocenters. The first kappa shape index (κ1) is 34.3. The molecule has 0 spiro atoms. The molecule has 50 heavy (non-hydrogen) atoms. The zero-order chi connectivity index (χ0) is 34.8. The Morgan fingerprint density at radius 2 is 1.62 bits per heavy atom. The normalized spacial score (nSPS) is 18.0. The molecule has 1 atom stereocenters. The molecule has 0 bridgehead atoms. The van der Waals surface area contributed by atoms with Crippen LogP contribution in [-0.4, -0.2) is 69.0 Å². The summed E-state index contributed by atoms with van der Waals surface area (Å²) >= 11 is 6.95. The predicted molar refractivity (Wildman–Crippen MR) is 198 cm³/mol. The van der Waals surface area contributed by atoms with E-state index in [2.05, 4.69) is 37.3 Å². The van der Waals surface area contributed by atoms with Crippen LogP contribution in [0.2, 0.25) is 5.02 Å². The molecule has 2 aromatic carbocycles. The number of aliphatic hydroxyl groups is 1. The molecule has 2 fully saturated rings. The molecule has 3 N–H and O–H groups in total. The third kappa shape index (κ3) is 7.47. The van der Waals surface area contributed by atoms with Gasteiger partial charge in [-0.3, -0.25) is 29.4 Å². The SMILES string of the molecule is Cc1c(NC(=O)c2cc(C3CC3)c(CN3CCCC[C@H]3C)cn2)cccc1-c1cccc(NC(=O)c2cc3c(cn2)CN(CCO)CC3)c1Cl. The third-order valence-electron chi connectivity index (χ3n) is 10.5. The number of nitrogens with zero attached hydrogens (tertiary/aromatic N) is 4. The van der Waals surface area contributed by atoms with Gasteiger partial charge in [-0.2, -0.15) is 0 Å². The summed E-state index contributed by atoms with van der Waals surface area (Å²) in [5.41, 5.74) is 9.02. The number of piperidine rings is 1. The second kappa shape index (κ2) is 15.0. The van der Waals surface area contributed by atoms with Gasteiger partial charge in [-0.05, 0) is 116 Å². The van der Waals surface area contributed by atoms with Crippen molar-refractivity contribution in [3.63, 3.8) is 0 Å². The number of amides is 2. The summed E-state index contributed by atoms with van der Waals surface area (Å²) in [7, 11) is 0. The predicted octanol–water partition coefficient (Wildman–Crippen LogP) is 7.21. The van der Waals surface area contributed by atoms with E-state index in [9.17, 15) is 14.7 Å². The maximum absolute atomic E-state index is 13.6. The summed E-state index contributed by atoms with van der Waals surface area (Å²) in [4.78, 5) is 40.7. The van der Waals surface area contributed by atoms with E-state index >= 15 is 0 Å². The quantitative estimate of drug-likeness (QED) is 0.161. The average Bonchev–Trinajstić information content (AvgIpc) is 3.97. The largest absolute Gasteiger partial charge is 0.395 e. The number of nitrogens with one attached hydrogen (secondary N) is 2. The van der Waals surface area contributed by atoms with E-state index in [1.807, 2.05) is 55.6 Å². The highest BCUT2D eigenvalue weighted by molar-refractivity contribution is 6.36. The van der Waals surface area contributed by atoms with Crippen LogP contribution in [0.4, 0.5) is 11.4 Å². The summed E-state index contributed by atoms with van der Waals surface area (Å²) in [6.45, 7) is 8.54. The molecule has 4 heterocycles. The Kier molecular flexibility index (Phi) is 10.3. The number of anilines is 2. The lowest BCUT2D eigenvalue weighted by Gasteiger charge is -2.33. The Morgan fingerprint density at radius 1 is 0.900 bits per heavy atom. The number of halogens is 1. The van der Waals surface area contributed by atoms with Gasteiger partial charge in [-0.15, -0.1) is 0 Å². The smallest absolute Gasteiger partial charge is 0.274 e. The van der Waals surface area contributed by atoms with Crippen molar-refractivity contribution in [3.8, 4) is 11.1 Å². The fourth-order valence-corrected chi connectivity index (χ4v) is 7.64. The Balaban J connectivity index is 1.07. The van der Waals surface area contributed by atoms with Crippen LogP contribution in [0.15, 0.2) is 60.9 Å². The number of pyridine rings is 2. The zero-order valence-corrected chi connectivity index (χ0v) is 29.6. The average molecular weight is 693 g/mol. The number of rotatable bonds is 10. The van der Waals surface area contributed by atoms with Crippen LogP contribution in [0, 0.1) is 6.92 Å². The number of aromatic nitrogens is 2. The monoisotopic (exact) mass is 692 g/mol. The van der Waals surface area contributed by atoms with E-state index in [1.54, 1.807) is 12.3 Å². The van der Waals surface area contributed by atoms with Gasteiger partial charge in [0.2, 0.25) is 0 Å². The Morgan fingerprint density at radius 3 is 2.38 bits per heavy atom. The topological polar surface area (TPSA) is 111 Å². The molecule has 4 aromatic rings. The molecule has 0 radical (unpaired) electrons. The van der Waals surface area contributed by atoms with Crippen molar-refractivity contribution in [1.29, 1.82) is 0 Å². The number of hydrogen-bond acceptors (Lipinski definition) is 7. The number of aliphatic hydroxyl groups excluding tert-OH is 1. The van der Waals surface area contributed by atoms with Crippen LogP contribution in [0.5, 0.6) is 0 Å². The molecule has 2 aliphatic heterocycles. The fourth-order valence-electron chi connectivity index (χ4n) is 7.37. The summed E-state index contributed by atoms with van der Waals surface area (Å²) in [6, 6.07) is 15.7. The maximum atomic E-state index is 13.6.